The van der Waals surface area contributed by atoms with Gasteiger partial charge in [0.05, 0.1) is 5.25 Å². The van der Waals surface area contributed by atoms with Gasteiger partial charge in [-0.3, -0.25) is 9.80 Å². The summed E-state index contributed by atoms with van der Waals surface area (Å²) in [5.41, 5.74) is 6.69. The number of rotatable bonds is 4. The van der Waals surface area contributed by atoms with Crippen LogP contribution in [0.3, 0.4) is 0 Å². The van der Waals surface area contributed by atoms with Crippen LogP contribution in [0.15, 0.2) is 0 Å². The van der Waals surface area contributed by atoms with E-state index in [1.807, 2.05) is 4.31 Å². The van der Waals surface area contributed by atoms with Crippen LogP contribution < -0.4 is 5.73 Å². The van der Waals surface area contributed by atoms with E-state index in [-0.39, 0.29) is 17.3 Å². The fraction of sp³-hybridized carbons (Fsp3) is 1.00. The Morgan fingerprint density at radius 2 is 1.32 bits per heavy atom. The van der Waals surface area contributed by atoms with Gasteiger partial charge in [-0.2, -0.15) is 4.31 Å². The Kier molecular flexibility index (Phi) is 6.94. The van der Waals surface area contributed by atoms with E-state index >= 15 is 0 Å². The predicted octanol–water partition coefficient (Wildman–Crippen LogP) is 1.29. The molecule has 5 heterocycles. The highest BCUT2D eigenvalue weighted by Gasteiger charge is 2.43. The third-order valence-electron chi connectivity index (χ3n) is 9.04. The maximum Gasteiger partial charge on any atom is 0.217 e. The molecule has 0 amide bonds. The molecule has 2 atom stereocenters. The SMILES string of the molecule is NC1CN(C2CCCCC2)CCC1N1CCC(S(=O)(=O)N2CCN3CCC2CC3)CC1. The summed E-state index contributed by atoms with van der Waals surface area (Å²) in [5, 5.41) is -0.200. The molecule has 6 aliphatic rings. The molecule has 5 aliphatic heterocycles. The van der Waals surface area contributed by atoms with E-state index in [1.54, 1.807) is 0 Å². The molecule has 31 heavy (non-hydrogen) atoms. The molecule has 2 bridgehead atoms. The first-order valence-corrected chi connectivity index (χ1v) is 14.5. The minimum absolute atomic E-state index is 0.193. The molecule has 178 valence electrons. The van der Waals surface area contributed by atoms with E-state index in [0.29, 0.717) is 12.6 Å². The van der Waals surface area contributed by atoms with Gasteiger partial charge < -0.3 is 10.6 Å². The van der Waals surface area contributed by atoms with E-state index in [4.69, 9.17) is 5.73 Å². The minimum Gasteiger partial charge on any atom is -0.325 e. The zero-order valence-corrected chi connectivity index (χ0v) is 20.0. The molecule has 1 saturated carbocycles. The summed E-state index contributed by atoms with van der Waals surface area (Å²) in [7, 11) is -3.19. The molecule has 0 aromatic rings. The molecule has 8 heteroatoms. The van der Waals surface area contributed by atoms with Crippen LogP contribution in [0.5, 0.6) is 0 Å². The summed E-state index contributed by atoms with van der Waals surface area (Å²) in [6.45, 7) is 7.67. The topological polar surface area (TPSA) is 73.1 Å². The summed E-state index contributed by atoms with van der Waals surface area (Å²) < 4.78 is 28.9. The van der Waals surface area contributed by atoms with Crippen molar-refractivity contribution in [2.45, 2.75) is 93.6 Å². The molecular weight excluding hydrogens is 410 g/mol. The summed E-state index contributed by atoms with van der Waals surface area (Å²) in [6, 6.07) is 1.60. The lowest BCUT2D eigenvalue weighted by Crippen LogP contribution is -2.61. The fourth-order valence-corrected chi connectivity index (χ4v) is 9.26. The molecule has 0 radical (unpaired) electrons. The third kappa shape index (κ3) is 4.71. The van der Waals surface area contributed by atoms with Crippen LogP contribution in [0.25, 0.3) is 0 Å². The van der Waals surface area contributed by atoms with E-state index < -0.39 is 10.0 Å². The number of nitrogens with zero attached hydrogens (tertiary/aromatic N) is 4. The van der Waals surface area contributed by atoms with Gasteiger partial charge in [-0.25, -0.2) is 8.42 Å². The normalized spacial score (nSPS) is 38.4. The number of fused-ring (bicyclic) bond motifs is 4. The van der Waals surface area contributed by atoms with Crippen molar-refractivity contribution in [3.63, 3.8) is 0 Å². The molecule has 0 spiro atoms. The van der Waals surface area contributed by atoms with Gasteiger partial charge in [0.1, 0.15) is 0 Å². The molecule has 2 N–H and O–H groups in total. The van der Waals surface area contributed by atoms with Crippen molar-refractivity contribution in [3.8, 4) is 0 Å². The molecule has 7 nitrogen and oxygen atoms in total. The van der Waals surface area contributed by atoms with Gasteiger partial charge in [-0.05, 0) is 71.1 Å². The van der Waals surface area contributed by atoms with E-state index in [1.165, 1.54) is 32.1 Å². The number of sulfonamides is 1. The van der Waals surface area contributed by atoms with Gasteiger partial charge in [0.15, 0.2) is 0 Å². The van der Waals surface area contributed by atoms with Crippen molar-refractivity contribution in [2.24, 2.45) is 5.73 Å². The average molecular weight is 454 g/mol. The van der Waals surface area contributed by atoms with Crippen molar-refractivity contribution in [3.05, 3.63) is 0 Å². The summed E-state index contributed by atoms with van der Waals surface area (Å²) in [6.07, 6.45) is 11.5. The minimum atomic E-state index is -3.19. The zero-order chi connectivity index (χ0) is 21.4. The highest BCUT2D eigenvalue weighted by Crippen LogP contribution is 2.31. The Labute approximate surface area is 189 Å². The molecule has 2 unspecified atom stereocenters. The zero-order valence-electron chi connectivity index (χ0n) is 19.2. The van der Waals surface area contributed by atoms with Crippen LogP contribution in [-0.4, -0.2) is 109 Å². The van der Waals surface area contributed by atoms with E-state index in [9.17, 15) is 8.42 Å². The van der Waals surface area contributed by atoms with Gasteiger partial charge in [-0.15, -0.1) is 0 Å². The van der Waals surface area contributed by atoms with Gasteiger partial charge in [0.2, 0.25) is 10.0 Å². The first-order valence-electron chi connectivity index (χ1n) is 13.0. The number of piperidine rings is 3. The van der Waals surface area contributed by atoms with Crippen molar-refractivity contribution in [1.82, 2.24) is 19.0 Å². The number of nitrogens with two attached hydrogens (primary N) is 1. The first-order chi connectivity index (χ1) is 15.0. The Hall–Kier alpha value is -0.250. The average Bonchev–Trinajstić information content (AvgIpc) is 3.14. The van der Waals surface area contributed by atoms with Crippen molar-refractivity contribution < 1.29 is 8.42 Å². The van der Waals surface area contributed by atoms with E-state index in [0.717, 1.165) is 84.0 Å². The number of hydrogen-bond acceptors (Lipinski definition) is 6. The van der Waals surface area contributed by atoms with E-state index in [2.05, 4.69) is 14.7 Å². The van der Waals surface area contributed by atoms with Gasteiger partial charge in [0.25, 0.3) is 0 Å². The summed E-state index contributed by atoms with van der Waals surface area (Å²) in [4.78, 5) is 7.60. The third-order valence-corrected chi connectivity index (χ3v) is 11.5. The van der Waals surface area contributed by atoms with Crippen molar-refractivity contribution in [1.29, 1.82) is 0 Å². The van der Waals surface area contributed by atoms with Crippen LogP contribution in [-0.2, 0) is 10.0 Å². The summed E-state index contributed by atoms with van der Waals surface area (Å²) >= 11 is 0. The van der Waals surface area contributed by atoms with Crippen LogP contribution in [0.2, 0.25) is 0 Å². The molecule has 6 fully saturated rings. The first kappa shape index (κ1) is 22.5. The highest BCUT2D eigenvalue weighted by molar-refractivity contribution is 7.89. The maximum atomic E-state index is 13.5. The Morgan fingerprint density at radius 3 is 2.00 bits per heavy atom. The lowest BCUT2D eigenvalue weighted by molar-refractivity contribution is 0.0471. The molecule has 6 rings (SSSR count). The molecule has 0 aromatic heterocycles. The summed E-state index contributed by atoms with van der Waals surface area (Å²) in [5.74, 6) is 0. The maximum absolute atomic E-state index is 13.5. The second-order valence-electron chi connectivity index (χ2n) is 10.8. The number of hydrogen-bond donors (Lipinski definition) is 1. The predicted molar refractivity (Wildman–Crippen MR) is 125 cm³/mol. The Bertz CT molecular complexity index is 697. The second-order valence-corrected chi connectivity index (χ2v) is 12.9. The lowest BCUT2D eigenvalue weighted by atomic mass is 9.90. The lowest BCUT2D eigenvalue weighted by Gasteiger charge is -2.47. The van der Waals surface area contributed by atoms with Crippen LogP contribution in [0.1, 0.15) is 64.2 Å². The van der Waals surface area contributed by atoms with Crippen LogP contribution >= 0.6 is 0 Å². The fourth-order valence-electron chi connectivity index (χ4n) is 7.11. The smallest absolute Gasteiger partial charge is 0.217 e. The largest absolute Gasteiger partial charge is 0.325 e. The monoisotopic (exact) mass is 453 g/mol. The molecule has 5 saturated heterocycles. The molecular formula is C23H43N5O2S. The highest BCUT2D eigenvalue weighted by atomic mass is 32.2. The standard InChI is InChI=1S/C23H43N5O2S/c24-22-18-27(19-4-2-1-3-5-19)15-10-23(22)26-13-8-21(9-14-26)31(29,30)28-17-16-25-11-6-20(28)7-12-25/h19-23H,1-18,24H2. The second kappa shape index (κ2) is 9.55. The Balaban J connectivity index is 1.15. The molecule has 1 aliphatic carbocycles. The quantitative estimate of drug-likeness (QED) is 0.692. The molecule has 0 aromatic carbocycles. The van der Waals surface area contributed by atoms with Crippen LogP contribution in [0, 0.1) is 0 Å². The number of likely N-dealkylation sites (tertiary alicyclic amines) is 2. The van der Waals surface area contributed by atoms with Crippen molar-refractivity contribution >= 4 is 10.0 Å². The van der Waals surface area contributed by atoms with Gasteiger partial charge in [-0.1, -0.05) is 19.3 Å². The Morgan fingerprint density at radius 1 is 0.645 bits per heavy atom. The van der Waals surface area contributed by atoms with Gasteiger partial charge in [0, 0.05) is 50.3 Å². The van der Waals surface area contributed by atoms with Crippen molar-refractivity contribution in [2.75, 3.05) is 52.4 Å². The van der Waals surface area contributed by atoms with Crippen LogP contribution in [0.4, 0.5) is 0 Å². The van der Waals surface area contributed by atoms with Gasteiger partial charge >= 0.3 is 0 Å².